The standard InChI is InChI=1S/C25H35NO/c1-3-5-7-9-20-10-16-25-22(19-20)13-17-24(26-25)21-11-14-23(15-12-21)27-18-8-6-4-2/h11-15,17,20H,3-10,16,18-19H2,1-2H3/t20-/m0/s1. The Kier molecular flexibility index (Phi) is 7.74. The fourth-order valence-electron chi connectivity index (χ4n) is 4.04. The van der Waals surface area contributed by atoms with E-state index in [4.69, 9.17) is 9.72 Å². The molecule has 0 unspecified atom stereocenters. The van der Waals surface area contributed by atoms with Crippen LogP contribution in [0.3, 0.4) is 0 Å². The average Bonchev–Trinajstić information content (AvgIpc) is 2.71. The van der Waals surface area contributed by atoms with Gasteiger partial charge in [-0.1, -0.05) is 58.4 Å². The maximum atomic E-state index is 5.82. The Morgan fingerprint density at radius 3 is 2.48 bits per heavy atom. The predicted octanol–water partition coefficient (Wildman–Crippen LogP) is 7.00. The Labute approximate surface area is 165 Å². The Morgan fingerprint density at radius 1 is 0.926 bits per heavy atom. The van der Waals surface area contributed by atoms with E-state index in [9.17, 15) is 0 Å². The van der Waals surface area contributed by atoms with E-state index in [0.717, 1.165) is 36.8 Å². The molecule has 3 rings (SSSR count). The number of aromatic nitrogens is 1. The molecule has 0 radical (unpaired) electrons. The summed E-state index contributed by atoms with van der Waals surface area (Å²) in [5.74, 6) is 1.82. The lowest BCUT2D eigenvalue weighted by molar-refractivity contribution is 0.306. The number of nitrogens with zero attached hydrogens (tertiary/aromatic N) is 1. The number of hydrogen-bond donors (Lipinski definition) is 0. The lowest BCUT2D eigenvalue weighted by Gasteiger charge is -2.24. The molecular weight excluding hydrogens is 330 g/mol. The highest BCUT2D eigenvalue weighted by atomic mass is 16.5. The van der Waals surface area contributed by atoms with Crippen molar-refractivity contribution < 1.29 is 4.74 Å². The molecular formula is C25H35NO. The van der Waals surface area contributed by atoms with E-state index in [1.54, 1.807) is 0 Å². The summed E-state index contributed by atoms with van der Waals surface area (Å²) in [5, 5.41) is 0. The van der Waals surface area contributed by atoms with Gasteiger partial charge in [-0.25, -0.2) is 0 Å². The number of ether oxygens (including phenoxy) is 1. The van der Waals surface area contributed by atoms with E-state index in [1.807, 2.05) is 0 Å². The van der Waals surface area contributed by atoms with Crippen LogP contribution in [0, 0.1) is 5.92 Å². The minimum Gasteiger partial charge on any atom is -0.494 e. The number of fused-ring (bicyclic) bond motifs is 1. The predicted molar refractivity (Wildman–Crippen MR) is 114 cm³/mol. The molecule has 1 aromatic heterocycles. The second-order valence-corrected chi connectivity index (χ2v) is 7.99. The van der Waals surface area contributed by atoms with Crippen LogP contribution in [0.1, 0.15) is 76.5 Å². The van der Waals surface area contributed by atoms with Crippen LogP contribution in [0.15, 0.2) is 36.4 Å². The van der Waals surface area contributed by atoms with Gasteiger partial charge in [-0.15, -0.1) is 0 Å². The first-order chi connectivity index (χ1) is 13.3. The first-order valence-corrected chi connectivity index (χ1v) is 11.0. The normalized spacial score (nSPS) is 16.1. The molecule has 1 heterocycles. The summed E-state index contributed by atoms with van der Waals surface area (Å²) in [6.45, 7) is 5.31. The highest BCUT2D eigenvalue weighted by Crippen LogP contribution is 2.30. The Hall–Kier alpha value is -1.83. The summed E-state index contributed by atoms with van der Waals surface area (Å²) in [4.78, 5) is 4.99. The third kappa shape index (κ3) is 5.82. The van der Waals surface area contributed by atoms with Crippen molar-refractivity contribution in [3.05, 3.63) is 47.7 Å². The molecule has 0 spiro atoms. The van der Waals surface area contributed by atoms with E-state index < -0.39 is 0 Å². The molecule has 0 N–H and O–H groups in total. The van der Waals surface area contributed by atoms with Gasteiger partial charge in [-0.05, 0) is 67.5 Å². The summed E-state index contributed by atoms with van der Waals surface area (Å²) in [6.07, 6.45) is 12.7. The van der Waals surface area contributed by atoms with Crippen molar-refractivity contribution in [2.45, 2.75) is 78.1 Å². The fraction of sp³-hybridized carbons (Fsp3) is 0.560. The number of unbranched alkanes of at least 4 members (excludes halogenated alkanes) is 4. The number of pyridine rings is 1. The van der Waals surface area contributed by atoms with Gasteiger partial charge in [0.05, 0.1) is 12.3 Å². The number of benzene rings is 1. The van der Waals surface area contributed by atoms with Crippen molar-refractivity contribution in [3.8, 4) is 17.0 Å². The van der Waals surface area contributed by atoms with Crippen molar-refractivity contribution in [1.82, 2.24) is 4.98 Å². The second kappa shape index (κ2) is 10.5. The van der Waals surface area contributed by atoms with E-state index in [-0.39, 0.29) is 0 Å². The summed E-state index contributed by atoms with van der Waals surface area (Å²) >= 11 is 0. The molecule has 1 aliphatic carbocycles. The van der Waals surface area contributed by atoms with Crippen LogP contribution in [0.4, 0.5) is 0 Å². The molecule has 2 aromatic rings. The zero-order valence-corrected chi connectivity index (χ0v) is 17.2. The summed E-state index contributed by atoms with van der Waals surface area (Å²) in [7, 11) is 0. The van der Waals surface area contributed by atoms with Crippen LogP contribution in [0.25, 0.3) is 11.3 Å². The lowest BCUT2D eigenvalue weighted by atomic mass is 9.83. The molecule has 146 valence electrons. The highest BCUT2D eigenvalue weighted by Gasteiger charge is 2.19. The van der Waals surface area contributed by atoms with E-state index in [1.165, 1.54) is 68.2 Å². The van der Waals surface area contributed by atoms with Crippen LogP contribution >= 0.6 is 0 Å². The van der Waals surface area contributed by atoms with Gasteiger partial charge in [0.1, 0.15) is 5.75 Å². The molecule has 2 heteroatoms. The first-order valence-electron chi connectivity index (χ1n) is 11.0. The number of aryl methyl sites for hydroxylation is 1. The van der Waals surface area contributed by atoms with Crippen LogP contribution in [-0.2, 0) is 12.8 Å². The lowest BCUT2D eigenvalue weighted by Crippen LogP contribution is -2.15. The quantitative estimate of drug-likeness (QED) is 0.423. The highest BCUT2D eigenvalue weighted by molar-refractivity contribution is 5.60. The molecule has 1 aliphatic rings. The summed E-state index contributed by atoms with van der Waals surface area (Å²) in [5.41, 5.74) is 5.07. The first kappa shape index (κ1) is 19.9. The van der Waals surface area contributed by atoms with Gasteiger partial charge < -0.3 is 4.74 Å². The average molecular weight is 366 g/mol. The zero-order chi connectivity index (χ0) is 18.9. The van der Waals surface area contributed by atoms with Crippen molar-refractivity contribution in [3.63, 3.8) is 0 Å². The molecule has 27 heavy (non-hydrogen) atoms. The van der Waals surface area contributed by atoms with Crippen LogP contribution in [-0.4, -0.2) is 11.6 Å². The van der Waals surface area contributed by atoms with Crippen molar-refractivity contribution in [1.29, 1.82) is 0 Å². The fourth-order valence-corrected chi connectivity index (χ4v) is 4.04. The van der Waals surface area contributed by atoms with Gasteiger partial charge in [0.2, 0.25) is 0 Å². The minimum absolute atomic E-state index is 0.809. The van der Waals surface area contributed by atoms with Gasteiger partial charge in [0.15, 0.2) is 0 Å². The molecule has 0 saturated heterocycles. The number of hydrogen-bond acceptors (Lipinski definition) is 2. The van der Waals surface area contributed by atoms with E-state index in [0.29, 0.717) is 0 Å². The summed E-state index contributed by atoms with van der Waals surface area (Å²) < 4.78 is 5.82. The smallest absolute Gasteiger partial charge is 0.119 e. The Morgan fingerprint density at radius 2 is 1.70 bits per heavy atom. The molecule has 0 bridgehead atoms. The van der Waals surface area contributed by atoms with Crippen molar-refractivity contribution in [2.75, 3.05) is 6.61 Å². The topological polar surface area (TPSA) is 22.1 Å². The molecule has 0 aliphatic heterocycles. The molecule has 2 nitrogen and oxygen atoms in total. The van der Waals surface area contributed by atoms with Gasteiger partial charge in [-0.2, -0.15) is 0 Å². The van der Waals surface area contributed by atoms with Crippen LogP contribution < -0.4 is 4.74 Å². The van der Waals surface area contributed by atoms with Crippen molar-refractivity contribution >= 4 is 0 Å². The van der Waals surface area contributed by atoms with E-state index in [2.05, 4.69) is 50.2 Å². The Balaban J connectivity index is 1.59. The van der Waals surface area contributed by atoms with E-state index >= 15 is 0 Å². The minimum atomic E-state index is 0.809. The maximum Gasteiger partial charge on any atom is 0.119 e. The van der Waals surface area contributed by atoms with Gasteiger partial charge >= 0.3 is 0 Å². The SMILES string of the molecule is CCCCCOc1ccc(-c2ccc3c(n2)CC[C@H](CCCCC)C3)cc1. The Bertz CT molecular complexity index is 692. The monoisotopic (exact) mass is 365 g/mol. The maximum absolute atomic E-state index is 5.82. The van der Waals surface area contributed by atoms with Gasteiger partial charge in [0.25, 0.3) is 0 Å². The molecule has 0 saturated carbocycles. The molecule has 1 atom stereocenters. The number of rotatable bonds is 10. The summed E-state index contributed by atoms with van der Waals surface area (Å²) in [6, 6.07) is 12.9. The van der Waals surface area contributed by atoms with Gasteiger partial charge in [0, 0.05) is 11.3 Å². The van der Waals surface area contributed by atoms with Gasteiger partial charge in [-0.3, -0.25) is 4.98 Å². The third-order valence-electron chi connectivity index (χ3n) is 5.75. The molecule has 0 fully saturated rings. The molecule has 1 aromatic carbocycles. The third-order valence-corrected chi connectivity index (χ3v) is 5.75. The zero-order valence-electron chi connectivity index (χ0n) is 17.2. The van der Waals surface area contributed by atoms with Crippen LogP contribution in [0.5, 0.6) is 5.75 Å². The van der Waals surface area contributed by atoms with Crippen LogP contribution in [0.2, 0.25) is 0 Å². The largest absolute Gasteiger partial charge is 0.494 e. The van der Waals surface area contributed by atoms with Crippen molar-refractivity contribution in [2.24, 2.45) is 5.92 Å². The molecule has 0 amide bonds. The second-order valence-electron chi connectivity index (χ2n) is 7.99.